The number of carbonyl (C=O) groups is 2. The number of ketones is 2. The highest BCUT2D eigenvalue weighted by Crippen LogP contribution is 2.29. The van der Waals surface area contributed by atoms with Gasteiger partial charge in [0.15, 0.2) is 5.78 Å². The molecule has 1 aliphatic rings. The van der Waals surface area contributed by atoms with E-state index in [1.165, 1.54) is 6.08 Å². The van der Waals surface area contributed by atoms with Crippen molar-refractivity contribution in [1.82, 2.24) is 10.6 Å². The fourth-order valence-electron chi connectivity index (χ4n) is 3.72. The largest absolute Gasteiger partial charge is 0.382 e. The van der Waals surface area contributed by atoms with Crippen LogP contribution in [0.3, 0.4) is 0 Å². The van der Waals surface area contributed by atoms with E-state index >= 15 is 0 Å². The minimum absolute atomic E-state index is 0.120. The van der Waals surface area contributed by atoms with Gasteiger partial charge in [0, 0.05) is 23.7 Å². The number of Topliss-reactive ketones (excluding diaryl/α,β-unsaturated/α-hetero) is 1. The third-order valence-electron chi connectivity index (χ3n) is 5.27. The molecule has 0 unspecified atom stereocenters. The Labute approximate surface area is 170 Å². The van der Waals surface area contributed by atoms with Crippen LogP contribution in [0, 0.1) is 0 Å². The van der Waals surface area contributed by atoms with E-state index < -0.39 is 0 Å². The molecular weight excluding hydrogens is 362 g/mol. The lowest BCUT2D eigenvalue weighted by atomic mass is 9.89. The highest BCUT2D eigenvalue weighted by Gasteiger charge is 2.26. The molecule has 0 aromatic heterocycles. The summed E-state index contributed by atoms with van der Waals surface area (Å²) < 4.78 is 0. The van der Waals surface area contributed by atoms with Crippen molar-refractivity contribution >= 4 is 33.1 Å². The Kier molecular flexibility index (Phi) is 5.69. The normalized spacial score (nSPS) is 13.6. The quantitative estimate of drug-likeness (QED) is 0.408. The summed E-state index contributed by atoms with van der Waals surface area (Å²) in [6.07, 6.45) is 3.24. The van der Waals surface area contributed by atoms with Gasteiger partial charge in [-0.1, -0.05) is 24.3 Å². The monoisotopic (exact) mass is 387 g/mol. The van der Waals surface area contributed by atoms with E-state index in [2.05, 4.69) is 28.8 Å². The summed E-state index contributed by atoms with van der Waals surface area (Å²) in [5.41, 5.74) is 6.80. The second-order valence-electron chi connectivity index (χ2n) is 7.37. The number of allylic oxidation sites excluding steroid dienone is 2. The van der Waals surface area contributed by atoms with Gasteiger partial charge in [0.25, 0.3) is 0 Å². The fourth-order valence-corrected chi connectivity index (χ4v) is 3.72. The van der Waals surface area contributed by atoms with Crippen LogP contribution in [0.25, 0.3) is 21.5 Å². The Morgan fingerprint density at radius 2 is 1.41 bits per heavy atom. The van der Waals surface area contributed by atoms with Crippen LogP contribution in [0.4, 0.5) is 0 Å². The van der Waals surface area contributed by atoms with Gasteiger partial charge < -0.3 is 16.4 Å². The number of nitrogens with two attached hydrogens (primary N) is 1. The van der Waals surface area contributed by atoms with Crippen LogP contribution in [0.2, 0.25) is 0 Å². The summed E-state index contributed by atoms with van der Waals surface area (Å²) >= 11 is 0. The molecule has 3 aromatic rings. The predicted octanol–water partition coefficient (Wildman–Crippen LogP) is 3.17. The summed E-state index contributed by atoms with van der Waals surface area (Å²) in [7, 11) is 0. The highest BCUT2D eigenvalue weighted by atomic mass is 16.1. The molecule has 0 spiro atoms. The zero-order valence-electron chi connectivity index (χ0n) is 16.3. The maximum atomic E-state index is 13.0. The van der Waals surface area contributed by atoms with E-state index in [0.29, 0.717) is 29.9 Å². The molecule has 5 heteroatoms. The fraction of sp³-hybridized carbons (Fsp3) is 0.250. The summed E-state index contributed by atoms with van der Waals surface area (Å²) in [5, 5.41) is 10.6. The van der Waals surface area contributed by atoms with Gasteiger partial charge in [-0.2, -0.15) is 0 Å². The third-order valence-corrected chi connectivity index (χ3v) is 5.27. The van der Waals surface area contributed by atoms with E-state index in [9.17, 15) is 9.59 Å². The first-order chi connectivity index (χ1) is 14.2. The van der Waals surface area contributed by atoms with Gasteiger partial charge in [-0.15, -0.1) is 0 Å². The lowest BCUT2D eigenvalue weighted by Gasteiger charge is -2.18. The molecular formula is C24H25N3O2. The second-order valence-corrected chi connectivity index (χ2v) is 7.37. The van der Waals surface area contributed by atoms with E-state index in [1.54, 1.807) is 0 Å². The SMILES string of the molecule is NCCCNCCCNC1=CC(=O)c2cc3cc4ccccc4cc3cc2C1=O. The predicted molar refractivity (Wildman–Crippen MR) is 117 cm³/mol. The molecule has 4 rings (SSSR count). The van der Waals surface area contributed by atoms with Crippen molar-refractivity contribution in [3.05, 3.63) is 71.4 Å². The molecule has 0 saturated carbocycles. The van der Waals surface area contributed by atoms with Gasteiger partial charge in [0.2, 0.25) is 5.78 Å². The summed E-state index contributed by atoms with van der Waals surface area (Å²) in [6, 6.07) is 15.9. The van der Waals surface area contributed by atoms with Crippen LogP contribution in [-0.2, 0) is 0 Å². The van der Waals surface area contributed by atoms with Crippen LogP contribution in [-0.4, -0.2) is 37.7 Å². The third kappa shape index (κ3) is 4.06. The van der Waals surface area contributed by atoms with Crippen molar-refractivity contribution in [2.45, 2.75) is 12.8 Å². The number of nitrogens with one attached hydrogen (secondary N) is 2. The summed E-state index contributed by atoms with van der Waals surface area (Å²) in [5.74, 6) is -0.246. The first kappa shape index (κ1) is 19.3. The molecule has 0 radical (unpaired) electrons. The summed E-state index contributed by atoms with van der Waals surface area (Å²) in [6.45, 7) is 3.05. The molecule has 3 aromatic carbocycles. The Balaban J connectivity index is 1.53. The maximum absolute atomic E-state index is 13.0. The van der Waals surface area contributed by atoms with Crippen molar-refractivity contribution in [2.24, 2.45) is 5.73 Å². The average molecular weight is 387 g/mol. The highest BCUT2D eigenvalue weighted by molar-refractivity contribution is 6.26. The molecule has 0 saturated heterocycles. The molecule has 29 heavy (non-hydrogen) atoms. The van der Waals surface area contributed by atoms with E-state index in [4.69, 9.17) is 5.73 Å². The molecule has 0 heterocycles. The number of carbonyl (C=O) groups excluding carboxylic acids is 2. The smallest absolute Gasteiger partial charge is 0.209 e. The second kappa shape index (κ2) is 8.55. The standard InChI is InChI=1S/C24H25N3O2/c25-7-3-8-26-9-4-10-27-22-15-23(28)20-13-18-11-16-5-1-2-6-17(16)12-19(18)14-21(20)24(22)29/h1-2,5-6,11-15,26-27H,3-4,7-10,25H2. The van der Waals surface area contributed by atoms with Crippen molar-refractivity contribution in [2.75, 3.05) is 26.2 Å². The van der Waals surface area contributed by atoms with Gasteiger partial charge >= 0.3 is 0 Å². The van der Waals surface area contributed by atoms with Crippen molar-refractivity contribution in [1.29, 1.82) is 0 Å². The lowest BCUT2D eigenvalue weighted by molar-refractivity contribution is 0.0978. The molecule has 0 aliphatic heterocycles. The Bertz CT molecular complexity index is 1120. The molecule has 0 bridgehead atoms. The number of hydrogen-bond donors (Lipinski definition) is 3. The van der Waals surface area contributed by atoms with Gasteiger partial charge in [0.05, 0.1) is 5.70 Å². The Hall–Kier alpha value is -3.02. The van der Waals surface area contributed by atoms with Crippen LogP contribution >= 0.6 is 0 Å². The molecule has 1 aliphatic carbocycles. The first-order valence-electron chi connectivity index (χ1n) is 10.1. The van der Waals surface area contributed by atoms with Crippen LogP contribution in [0.15, 0.2) is 60.3 Å². The average Bonchev–Trinajstić information content (AvgIpc) is 2.74. The molecule has 0 atom stereocenters. The van der Waals surface area contributed by atoms with Crippen molar-refractivity contribution in [3.8, 4) is 0 Å². The number of fused-ring (bicyclic) bond motifs is 3. The summed E-state index contributed by atoms with van der Waals surface area (Å²) in [4.78, 5) is 25.6. The van der Waals surface area contributed by atoms with Crippen molar-refractivity contribution in [3.63, 3.8) is 0 Å². The Morgan fingerprint density at radius 1 is 0.759 bits per heavy atom. The number of hydrogen-bond acceptors (Lipinski definition) is 5. The minimum Gasteiger partial charge on any atom is -0.382 e. The maximum Gasteiger partial charge on any atom is 0.209 e. The zero-order chi connectivity index (χ0) is 20.2. The van der Waals surface area contributed by atoms with Crippen LogP contribution in [0.5, 0.6) is 0 Å². The molecule has 4 N–H and O–H groups in total. The number of rotatable bonds is 8. The molecule has 0 fully saturated rings. The molecule has 0 amide bonds. The lowest BCUT2D eigenvalue weighted by Crippen LogP contribution is -2.29. The molecule has 148 valence electrons. The topological polar surface area (TPSA) is 84.2 Å². The van der Waals surface area contributed by atoms with E-state index in [-0.39, 0.29) is 11.6 Å². The Morgan fingerprint density at radius 3 is 2.10 bits per heavy atom. The minimum atomic E-state index is -0.127. The molecule has 5 nitrogen and oxygen atoms in total. The number of benzene rings is 3. The van der Waals surface area contributed by atoms with E-state index in [1.807, 2.05) is 30.3 Å². The zero-order valence-corrected chi connectivity index (χ0v) is 16.3. The van der Waals surface area contributed by atoms with Gasteiger partial charge in [-0.3, -0.25) is 9.59 Å². The van der Waals surface area contributed by atoms with Gasteiger partial charge in [-0.25, -0.2) is 0 Å². The van der Waals surface area contributed by atoms with Crippen LogP contribution in [0.1, 0.15) is 33.6 Å². The van der Waals surface area contributed by atoms with E-state index in [0.717, 1.165) is 47.5 Å². The van der Waals surface area contributed by atoms with Gasteiger partial charge in [-0.05, 0) is 78.3 Å². The van der Waals surface area contributed by atoms with Crippen molar-refractivity contribution < 1.29 is 9.59 Å². The van der Waals surface area contributed by atoms with Gasteiger partial charge in [0.1, 0.15) is 0 Å². The first-order valence-corrected chi connectivity index (χ1v) is 10.1. The van der Waals surface area contributed by atoms with Crippen LogP contribution < -0.4 is 16.4 Å².